The summed E-state index contributed by atoms with van der Waals surface area (Å²) in [6.45, 7) is 5.22. The van der Waals surface area contributed by atoms with Crippen LogP contribution in [0.25, 0.3) is 5.82 Å². The van der Waals surface area contributed by atoms with Gasteiger partial charge in [-0.05, 0) is 6.07 Å². The molecule has 0 bridgehead atoms. The molecule has 0 spiro atoms. The average Bonchev–Trinajstić information content (AvgIpc) is 3.44. The molecule has 3 aromatic heterocycles. The van der Waals surface area contributed by atoms with Gasteiger partial charge in [-0.3, -0.25) is 14.5 Å². The lowest BCUT2D eigenvalue weighted by molar-refractivity contribution is 0.169. The Bertz CT molecular complexity index is 889. The molecule has 4 heterocycles. The van der Waals surface area contributed by atoms with Crippen LogP contribution in [0, 0.1) is 0 Å². The van der Waals surface area contributed by atoms with Gasteiger partial charge in [0.05, 0.1) is 5.69 Å². The number of imidazole rings is 1. The maximum atomic E-state index is 4.92. The molecule has 3 aromatic rings. The second-order valence-corrected chi connectivity index (χ2v) is 6.61. The van der Waals surface area contributed by atoms with Crippen molar-refractivity contribution in [1.82, 2.24) is 34.8 Å². The summed E-state index contributed by atoms with van der Waals surface area (Å²) < 4.78 is 6.84. The molecule has 4 rings (SSSR count). The summed E-state index contributed by atoms with van der Waals surface area (Å²) in [6.07, 6.45) is 8.82. The molecule has 1 N–H and O–H groups in total. The number of nitrogens with one attached hydrogen (secondary N) is 1. The number of pyridine rings is 1. The number of aliphatic imine (C=N–C) groups is 1. The minimum absolute atomic E-state index is 0. The highest BCUT2D eigenvalue weighted by molar-refractivity contribution is 14.0. The van der Waals surface area contributed by atoms with Crippen LogP contribution in [0.15, 0.2) is 58.9 Å². The summed E-state index contributed by atoms with van der Waals surface area (Å²) in [7, 11) is 1.82. The smallest absolute Gasteiger partial charge is 0.194 e. The van der Waals surface area contributed by atoms with Gasteiger partial charge in [0.25, 0.3) is 0 Å². The Morgan fingerprint density at radius 3 is 2.76 bits per heavy atom. The van der Waals surface area contributed by atoms with E-state index in [1.807, 2.05) is 29.9 Å². The van der Waals surface area contributed by atoms with Crippen molar-refractivity contribution in [3.63, 3.8) is 0 Å². The zero-order valence-electron chi connectivity index (χ0n) is 16.3. The number of piperazine rings is 1. The molecule has 1 aliphatic rings. The van der Waals surface area contributed by atoms with Crippen molar-refractivity contribution in [1.29, 1.82) is 0 Å². The molecule has 1 aliphatic heterocycles. The standard InChI is InChI=1S/C19H24N8O.HI/c1-20-19(26-10-8-25(9-11-26)14-17-4-12-28-24-17)23-13-16-3-2-5-22-18(16)27-7-6-21-15-27;/h2-7,12,15H,8-11,13-14H2,1H3,(H,20,23);1H. The van der Waals surface area contributed by atoms with Crippen LogP contribution in [0.2, 0.25) is 0 Å². The summed E-state index contributed by atoms with van der Waals surface area (Å²) in [5.74, 6) is 1.78. The molecular formula is C19H25IN8O. The molecule has 0 aromatic carbocycles. The van der Waals surface area contributed by atoms with E-state index in [-0.39, 0.29) is 24.0 Å². The molecule has 0 aliphatic carbocycles. The summed E-state index contributed by atoms with van der Waals surface area (Å²) in [5, 5.41) is 7.47. The fourth-order valence-electron chi connectivity index (χ4n) is 3.36. The highest BCUT2D eigenvalue weighted by Crippen LogP contribution is 2.12. The minimum Gasteiger partial charge on any atom is -0.364 e. The number of halogens is 1. The number of nitrogens with zero attached hydrogens (tertiary/aromatic N) is 7. The van der Waals surface area contributed by atoms with Crippen molar-refractivity contribution in [2.45, 2.75) is 13.1 Å². The summed E-state index contributed by atoms with van der Waals surface area (Å²) in [6, 6.07) is 5.93. The van der Waals surface area contributed by atoms with E-state index in [9.17, 15) is 0 Å². The van der Waals surface area contributed by atoms with Crippen LogP contribution >= 0.6 is 24.0 Å². The van der Waals surface area contributed by atoms with E-state index in [2.05, 4.69) is 41.3 Å². The third-order valence-corrected chi connectivity index (χ3v) is 4.81. The Kier molecular flexibility index (Phi) is 7.58. The normalized spacial score (nSPS) is 15.2. The third kappa shape index (κ3) is 5.32. The van der Waals surface area contributed by atoms with E-state index >= 15 is 0 Å². The topological polar surface area (TPSA) is 87.6 Å². The van der Waals surface area contributed by atoms with Gasteiger partial charge in [-0.25, -0.2) is 9.97 Å². The second kappa shape index (κ2) is 10.3. The molecule has 0 atom stereocenters. The van der Waals surface area contributed by atoms with Gasteiger partial charge in [0.15, 0.2) is 5.96 Å². The van der Waals surface area contributed by atoms with E-state index in [4.69, 9.17) is 4.52 Å². The quantitative estimate of drug-likeness (QED) is 0.319. The van der Waals surface area contributed by atoms with Crippen LogP contribution in [-0.2, 0) is 13.1 Å². The van der Waals surface area contributed by atoms with Gasteiger partial charge in [0, 0.05) is 76.5 Å². The van der Waals surface area contributed by atoms with Gasteiger partial charge < -0.3 is 14.7 Å². The van der Waals surface area contributed by atoms with Gasteiger partial charge in [0.2, 0.25) is 0 Å². The molecule has 29 heavy (non-hydrogen) atoms. The van der Waals surface area contributed by atoms with E-state index in [0.717, 1.165) is 55.8 Å². The number of hydrogen-bond acceptors (Lipinski definition) is 6. The Hall–Kier alpha value is -2.47. The molecule has 0 saturated carbocycles. The van der Waals surface area contributed by atoms with Gasteiger partial charge in [-0.15, -0.1) is 24.0 Å². The first-order valence-corrected chi connectivity index (χ1v) is 9.33. The molecule has 0 amide bonds. The second-order valence-electron chi connectivity index (χ2n) is 6.61. The van der Waals surface area contributed by atoms with Crippen LogP contribution in [0.4, 0.5) is 0 Å². The highest BCUT2D eigenvalue weighted by atomic mass is 127. The molecule has 0 radical (unpaired) electrons. The Balaban J connectivity index is 0.00000240. The number of guanidine groups is 1. The van der Waals surface area contributed by atoms with E-state index in [0.29, 0.717) is 6.54 Å². The van der Waals surface area contributed by atoms with Crippen molar-refractivity contribution in [3.8, 4) is 5.82 Å². The van der Waals surface area contributed by atoms with Crippen LogP contribution < -0.4 is 5.32 Å². The molecule has 0 unspecified atom stereocenters. The molecule has 154 valence electrons. The SMILES string of the molecule is CN=C(NCc1cccnc1-n1ccnc1)N1CCN(Cc2ccon2)CC1.I. The van der Waals surface area contributed by atoms with Crippen molar-refractivity contribution in [3.05, 3.63) is 60.6 Å². The zero-order chi connectivity index (χ0) is 19.2. The summed E-state index contributed by atoms with van der Waals surface area (Å²) in [4.78, 5) is 17.7. The van der Waals surface area contributed by atoms with E-state index in [1.165, 1.54) is 0 Å². The number of rotatable bonds is 5. The molecule has 10 heteroatoms. The van der Waals surface area contributed by atoms with Crippen molar-refractivity contribution in [2.75, 3.05) is 33.2 Å². The van der Waals surface area contributed by atoms with Crippen LogP contribution in [0.5, 0.6) is 0 Å². The molecule has 1 saturated heterocycles. The van der Waals surface area contributed by atoms with Gasteiger partial charge in [-0.1, -0.05) is 11.2 Å². The Morgan fingerprint density at radius 1 is 1.21 bits per heavy atom. The number of hydrogen-bond donors (Lipinski definition) is 1. The van der Waals surface area contributed by atoms with Gasteiger partial charge in [-0.2, -0.15) is 0 Å². The van der Waals surface area contributed by atoms with Crippen LogP contribution in [0.3, 0.4) is 0 Å². The van der Waals surface area contributed by atoms with Gasteiger partial charge >= 0.3 is 0 Å². The fraction of sp³-hybridized carbons (Fsp3) is 0.368. The monoisotopic (exact) mass is 508 g/mol. The first-order chi connectivity index (χ1) is 13.8. The molecular weight excluding hydrogens is 483 g/mol. The zero-order valence-corrected chi connectivity index (χ0v) is 18.6. The van der Waals surface area contributed by atoms with Crippen LogP contribution in [-0.4, -0.2) is 68.7 Å². The predicted octanol–water partition coefficient (Wildman–Crippen LogP) is 1.77. The summed E-state index contributed by atoms with van der Waals surface area (Å²) in [5.41, 5.74) is 2.06. The lowest BCUT2D eigenvalue weighted by Gasteiger charge is -2.36. The van der Waals surface area contributed by atoms with E-state index < -0.39 is 0 Å². The maximum absolute atomic E-state index is 4.92. The summed E-state index contributed by atoms with van der Waals surface area (Å²) >= 11 is 0. The maximum Gasteiger partial charge on any atom is 0.194 e. The minimum atomic E-state index is 0. The highest BCUT2D eigenvalue weighted by Gasteiger charge is 2.20. The Morgan fingerprint density at radius 2 is 2.07 bits per heavy atom. The van der Waals surface area contributed by atoms with Crippen molar-refractivity contribution < 1.29 is 4.52 Å². The first kappa shape index (κ1) is 21.2. The lowest BCUT2D eigenvalue weighted by Crippen LogP contribution is -2.52. The van der Waals surface area contributed by atoms with E-state index in [1.54, 1.807) is 25.0 Å². The average molecular weight is 508 g/mol. The molecule has 1 fully saturated rings. The van der Waals surface area contributed by atoms with Gasteiger partial charge in [0.1, 0.15) is 18.4 Å². The lowest BCUT2D eigenvalue weighted by atomic mass is 10.2. The van der Waals surface area contributed by atoms with Crippen molar-refractivity contribution in [2.24, 2.45) is 4.99 Å². The fourth-order valence-corrected chi connectivity index (χ4v) is 3.36. The Labute approximate surface area is 186 Å². The largest absolute Gasteiger partial charge is 0.364 e. The molecule has 9 nitrogen and oxygen atoms in total. The predicted molar refractivity (Wildman–Crippen MR) is 120 cm³/mol. The van der Waals surface area contributed by atoms with Crippen molar-refractivity contribution >= 4 is 29.9 Å². The van der Waals surface area contributed by atoms with Crippen LogP contribution in [0.1, 0.15) is 11.3 Å². The first-order valence-electron chi connectivity index (χ1n) is 9.33. The third-order valence-electron chi connectivity index (χ3n) is 4.81. The number of aromatic nitrogens is 4.